The van der Waals surface area contributed by atoms with Gasteiger partial charge in [-0.2, -0.15) is 0 Å². The second-order valence-corrected chi connectivity index (χ2v) is 11.4. The molecular formula is C39H29NO. The van der Waals surface area contributed by atoms with Gasteiger partial charge >= 0.3 is 0 Å². The van der Waals surface area contributed by atoms with E-state index < -0.39 is 0 Å². The molecule has 196 valence electrons. The molecule has 7 aromatic rings. The predicted molar refractivity (Wildman–Crippen MR) is 171 cm³/mol. The molecule has 41 heavy (non-hydrogen) atoms. The van der Waals surface area contributed by atoms with Crippen molar-refractivity contribution in [2.45, 2.75) is 19.3 Å². The van der Waals surface area contributed by atoms with E-state index in [0.29, 0.717) is 0 Å². The first-order valence-corrected chi connectivity index (χ1v) is 14.2. The maximum atomic E-state index is 6.48. The average Bonchev–Trinajstić information content (AvgIpc) is 3.51. The van der Waals surface area contributed by atoms with E-state index in [1.165, 1.54) is 33.4 Å². The molecule has 0 saturated heterocycles. The Hall–Kier alpha value is -5.08. The number of hydrogen-bond acceptors (Lipinski definition) is 2. The number of nitrogens with zero attached hydrogens (tertiary/aromatic N) is 1. The van der Waals surface area contributed by atoms with Crippen molar-refractivity contribution in [3.05, 3.63) is 151 Å². The van der Waals surface area contributed by atoms with Gasteiger partial charge in [-0.15, -0.1) is 0 Å². The highest BCUT2D eigenvalue weighted by molar-refractivity contribution is 6.10. The maximum Gasteiger partial charge on any atom is 0.159 e. The van der Waals surface area contributed by atoms with Crippen LogP contribution in [0.25, 0.3) is 44.2 Å². The van der Waals surface area contributed by atoms with E-state index in [1.807, 2.05) is 12.1 Å². The van der Waals surface area contributed by atoms with Crippen LogP contribution in [0.5, 0.6) is 0 Å². The molecule has 0 radical (unpaired) electrons. The fourth-order valence-electron chi connectivity index (χ4n) is 6.64. The molecule has 8 rings (SSSR count). The van der Waals surface area contributed by atoms with Crippen molar-refractivity contribution >= 4 is 39.0 Å². The first-order chi connectivity index (χ1) is 20.1. The van der Waals surface area contributed by atoms with E-state index in [9.17, 15) is 0 Å². The monoisotopic (exact) mass is 527 g/mol. The number of furan rings is 1. The highest BCUT2D eigenvalue weighted by atomic mass is 16.3. The summed E-state index contributed by atoms with van der Waals surface area (Å²) in [5.74, 6) is 0. The molecular weight excluding hydrogens is 498 g/mol. The van der Waals surface area contributed by atoms with Crippen LogP contribution in [0.1, 0.15) is 25.0 Å². The molecule has 0 atom stereocenters. The quantitative estimate of drug-likeness (QED) is 0.226. The molecule has 0 amide bonds. The van der Waals surface area contributed by atoms with Gasteiger partial charge in [0.1, 0.15) is 5.58 Å². The van der Waals surface area contributed by atoms with Crippen LogP contribution in [0.2, 0.25) is 0 Å². The summed E-state index contributed by atoms with van der Waals surface area (Å²) in [4.78, 5) is 2.31. The summed E-state index contributed by atoms with van der Waals surface area (Å²) in [6.45, 7) is 4.66. The lowest BCUT2D eigenvalue weighted by Gasteiger charge is -2.26. The predicted octanol–water partition coefficient (Wildman–Crippen LogP) is 11.0. The van der Waals surface area contributed by atoms with Gasteiger partial charge in [-0.25, -0.2) is 0 Å². The Bertz CT molecular complexity index is 2080. The lowest BCUT2D eigenvalue weighted by Crippen LogP contribution is -2.14. The molecule has 1 heterocycles. The number of fused-ring (bicyclic) bond motifs is 6. The van der Waals surface area contributed by atoms with Crippen molar-refractivity contribution < 1.29 is 4.42 Å². The summed E-state index contributed by atoms with van der Waals surface area (Å²) in [5, 5.41) is 2.25. The van der Waals surface area contributed by atoms with E-state index >= 15 is 0 Å². The van der Waals surface area contributed by atoms with Crippen molar-refractivity contribution in [3.8, 4) is 22.3 Å². The van der Waals surface area contributed by atoms with E-state index in [4.69, 9.17) is 4.42 Å². The van der Waals surface area contributed by atoms with Crippen LogP contribution in [0, 0.1) is 0 Å². The normalized spacial score (nSPS) is 13.3. The lowest BCUT2D eigenvalue weighted by molar-refractivity contribution is 0.660. The SMILES string of the molecule is CC1(C)c2ccccc2-c2cc(-c3cccc(N(c4ccccc4)c4cccc5c4oc4ccccc45)c3)ccc21. The van der Waals surface area contributed by atoms with Crippen molar-refractivity contribution in [2.75, 3.05) is 4.90 Å². The Morgan fingerprint density at radius 2 is 1.20 bits per heavy atom. The summed E-state index contributed by atoms with van der Waals surface area (Å²) in [6.07, 6.45) is 0. The zero-order valence-electron chi connectivity index (χ0n) is 23.1. The minimum absolute atomic E-state index is 0.00166. The number of hydrogen-bond donors (Lipinski definition) is 0. The van der Waals surface area contributed by atoms with Crippen molar-refractivity contribution in [3.63, 3.8) is 0 Å². The topological polar surface area (TPSA) is 16.4 Å². The fourth-order valence-corrected chi connectivity index (χ4v) is 6.64. The number of anilines is 3. The summed E-state index contributed by atoms with van der Waals surface area (Å²) in [5.41, 5.74) is 12.8. The average molecular weight is 528 g/mol. The van der Waals surface area contributed by atoms with Crippen molar-refractivity contribution in [1.82, 2.24) is 0 Å². The fraction of sp³-hybridized carbons (Fsp3) is 0.0769. The Balaban J connectivity index is 1.30. The van der Waals surface area contributed by atoms with E-state index in [0.717, 1.165) is 39.0 Å². The van der Waals surface area contributed by atoms with Crippen LogP contribution in [-0.4, -0.2) is 0 Å². The third-order valence-corrected chi connectivity index (χ3v) is 8.66. The molecule has 0 unspecified atom stereocenters. The molecule has 0 aliphatic heterocycles. The summed E-state index contributed by atoms with van der Waals surface area (Å²) in [7, 11) is 0. The van der Waals surface area contributed by atoms with Gasteiger partial charge in [-0.05, 0) is 75.8 Å². The number of rotatable bonds is 4. The molecule has 0 fully saturated rings. The summed E-state index contributed by atoms with van der Waals surface area (Å²) < 4.78 is 6.48. The smallest absolute Gasteiger partial charge is 0.159 e. The molecule has 1 aromatic heterocycles. The van der Waals surface area contributed by atoms with Gasteiger partial charge in [0.25, 0.3) is 0 Å². The van der Waals surface area contributed by atoms with Crippen LogP contribution in [0.4, 0.5) is 17.1 Å². The van der Waals surface area contributed by atoms with Gasteiger partial charge in [0.2, 0.25) is 0 Å². The van der Waals surface area contributed by atoms with Crippen molar-refractivity contribution in [2.24, 2.45) is 0 Å². The molecule has 2 nitrogen and oxygen atoms in total. The lowest BCUT2D eigenvalue weighted by atomic mass is 9.82. The van der Waals surface area contributed by atoms with Gasteiger partial charge in [0, 0.05) is 27.6 Å². The Kier molecular flexibility index (Phi) is 5.20. The van der Waals surface area contributed by atoms with Gasteiger partial charge in [-0.1, -0.05) is 111 Å². The van der Waals surface area contributed by atoms with Crippen molar-refractivity contribution in [1.29, 1.82) is 0 Å². The maximum absolute atomic E-state index is 6.48. The van der Waals surface area contributed by atoms with Crippen LogP contribution in [0.15, 0.2) is 144 Å². The molecule has 2 heteroatoms. The molecule has 1 aliphatic rings. The third-order valence-electron chi connectivity index (χ3n) is 8.66. The minimum Gasteiger partial charge on any atom is -0.454 e. The van der Waals surface area contributed by atoms with Crippen LogP contribution in [0.3, 0.4) is 0 Å². The molecule has 0 N–H and O–H groups in total. The molecule has 0 bridgehead atoms. The van der Waals surface area contributed by atoms with E-state index in [2.05, 4.69) is 146 Å². The standard InChI is InChI=1S/C39H29NO/c1-39(2)34-19-8-6-16-30(34)33-25-27(22-23-35(33)39)26-12-10-15-29(24-26)40(28-13-4-3-5-14-28)36-20-11-18-32-31-17-7-9-21-37(31)41-38(32)36/h3-25H,1-2H3. The number of para-hydroxylation sites is 3. The molecule has 1 aliphatic carbocycles. The van der Waals surface area contributed by atoms with Gasteiger partial charge in [-0.3, -0.25) is 0 Å². The summed E-state index contributed by atoms with van der Waals surface area (Å²) in [6, 6.07) is 49.9. The Labute approximate surface area is 240 Å². The van der Waals surface area contributed by atoms with Gasteiger partial charge in [0.05, 0.1) is 5.69 Å². The van der Waals surface area contributed by atoms with Crippen LogP contribution < -0.4 is 4.90 Å². The highest BCUT2D eigenvalue weighted by Crippen LogP contribution is 2.50. The zero-order valence-corrected chi connectivity index (χ0v) is 23.1. The third kappa shape index (κ3) is 3.64. The zero-order chi connectivity index (χ0) is 27.6. The Morgan fingerprint density at radius 3 is 2.10 bits per heavy atom. The molecule has 0 spiro atoms. The minimum atomic E-state index is 0.00166. The van der Waals surface area contributed by atoms with Crippen LogP contribution >= 0.6 is 0 Å². The van der Waals surface area contributed by atoms with Gasteiger partial charge in [0.15, 0.2) is 5.58 Å². The van der Waals surface area contributed by atoms with Gasteiger partial charge < -0.3 is 9.32 Å². The largest absolute Gasteiger partial charge is 0.454 e. The summed E-state index contributed by atoms with van der Waals surface area (Å²) >= 11 is 0. The van der Waals surface area contributed by atoms with Crippen LogP contribution in [-0.2, 0) is 5.41 Å². The highest BCUT2D eigenvalue weighted by Gasteiger charge is 2.35. The first kappa shape index (κ1) is 23.8. The van der Waals surface area contributed by atoms with E-state index in [-0.39, 0.29) is 5.41 Å². The Morgan fingerprint density at radius 1 is 0.512 bits per heavy atom. The number of benzene rings is 6. The first-order valence-electron chi connectivity index (χ1n) is 14.2. The molecule has 6 aromatic carbocycles. The second-order valence-electron chi connectivity index (χ2n) is 11.4. The van der Waals surface area contributed by atoms with E-state index in [1.54, 1.807) is 0 Å². The molecule has 0 saturated carbocycles. The second kappa shape index (κ2) is 8.97.